The van der Waals surface area contributed by atoms with E-state index in [0.717, 1.165) is 6.54 Å². The summed E-state index contributed by atoms with van der Waals surface area (Å²) in [5.74, 6) is 0.695. The molecule has 20 heavy (non-hydrogen) atoms. The van der Waals surface area contributed by atoms with Crippen molar-refractivity contribution in [3.8, 4) is 0 Å². The summed E-state index contributed by atoms with van der Waals surface area (Å²) in [7, 11) is 0. The molecule has 0 unspecified atom stereocenters. The Morgan fingerprint density at radius 1 is 1.15 bits per heavy atom. The quantitative estimate of drug-likeness (QED) is 0.476. The van der Waals surface area contributed by atoms with Crippen LogP contribution in [0.15, 0.2) is 41.4 Å². The summed E-state index contributed by atoms with van der Waals surface area (Å²) in [5, 5.41) is 0. The molecule has 2 rings (SSSR count). The summed E-state index contributed by atoms with van der Waals surface area (Å²) in [5.41, 5.74) is 2.61. The Balaban J connectivity index is 2.05. The van der Waals surface area contributed by atoms with Crippen LogP contribution in [0.3, 0.4) is 0 Å². The van der Waals surface area contributed by atoms with Gasteiger partial charge in [-0.25, -0.2) is 0 Å². The summed E-state index contributed by atoms with van der Waals surface area (Å²) < 4.78 is 0. The van der Waals surface area contributed by atoms with Crippen LogP contribution in [0.2, 0.25) is 0 Å². The maximum Gasteiger partial charge on any atom is 0.0392 e. The highest BCUT2D eigenvalue weighted by Crippen LogP contribution is 2.25. The molecule has 1 saturated carbocycles. The third kappa shape index (κ3) is 4.96. The van der Waals surface area contributed by atoms with E-state index in [9.17, 15) is 0 Å². The monoisotopic (exact) mass is 269 g/mol. The van der Waals surface area contributed by atoms with Crippen LogP contribution in [0.4, 0.5) is 0 Å². The lowest BCUT2D eigenvalue weighted by atomic mass is 9.85. The molecule has 1 heteroatoms. The molecule has 0 atom stereocenters. The third-order valence-electron chi connectivity index (χ3n) is 4.08. The normalized spacial score (nSPS) is 17.8. The minimum Gasteiger partial charge on any atom is -0.289 e. The highest BCUT2D eigenvalue weighted by Gasteiger charge is 2.17. The molecule has 1 aromatic rings. The number of hydrogen-bond donors (Lipinski definition) is 0. The Morgan fingerprint density at radius 2 is 1.90 bits per heavy atom. The van der Waals surface area contributed by atoms with Crippen molar-refractivity contribution in [2.75, 3.05) is 6.54 Å². The summed E-state index contributed by atoms with van der Waals surface area (Å²) >= 11 is 0. The zero-order valence-corrected chi connectivity index (χ0v) is 12.7. The SMILES string of the molecule is CCCCN=C(/C=C/c1ccccc1)C1CCCCC1. The fraction of sp³-hybridized carbons (Fsp3) is 0.526. The predicted molar refractivity (Wildman–Crippen MR) is 89.3 cm³/mol. The van der Waals surface area contributed by atoms with Gasteiger partial charge < -0.3 is 0 Å². The Hall–Kier alpha value is -1.37. The molecule has 0 aliphatic heterocycles. The van der Waals surface area contributed by atoms with Crippen molar-refractivity contribution in [1.29, 1.82) is 0 Å². The maximum atomic E-state index is 4.88. The van der Waals surface area contributed by atoms with Crippen molar-refractivity contribution in [2.24, 2.45) is 10.9 Å². The van der Waals surface area contributed by atoms with Gasteiger partial charge in [0.25, 0.3) is 0 Å². The van der Waals surface area contributed by atoms with E-state index in [1.807, 2.05) is 0 Å². The first-order chi connectivity index (χ1) is 9.90. The number of benzene rings is 1. The average molecular weight is 269 g/mol. The number of rotatable bonds is 6. The first-order valence-corrected chi connectivity index (χ1v) is 8.17. The second kappa shape index (κ2) is 8.73. The van der Waals surface area contributed by atoms with Crippen molar-refractivity contribution in [1.82, 2.24) is 0 Å². The van der Waals surface area contributed by atoms with E-state index < -0.39 is 0 Å². The standard InChI is InChI=1S/C19H27N/c1-2-3-16-20-19(18-12-8-5-9-13-18)15-14-17-10-6-4-7-11-17/h4,6-7,10-11,14-15,18H,2-3,5,8-9,12-13,16H2,1H3/b15-14+,20-19?. The molecule has 0 aromatic heterocycles. The summed E-state index contributed by atoms with van der Waals surface area (Å²) in [6.07, 6.45) is 13.7. The van der Waals surface area contributed by atoms with E-state index >= 15 is 0 Å². The maximum absolute atomic E-state index is 4.88. The van der Waals surface area contributed by atoms with Crippen LogP contribution in [0, 0.1) is 5.92 Å². The average Bonchev–Trinajstić information content (AvgIpc) is 2.52. The number of unbranched alkanes of at least 4 members (excludes halogenated alkanes) is 1. The Kier molecular flexibility index (Phi) is 6.56. The van der Waals surface area contributed by atoms with E-state index in [1.165, 1.54) is 56.2 Å². The second-order valence-corrected chi connectivity index (χ2v) is 5.74. The van der Waals surface area contributed by atoms with Gasteiger partial charge >= 0.3 is 0 Å². The zero-order valence-electron chi connectivity index (χ0n) is 12.7. The molecule has 0 N–H and O–H groups in total. The molecule has 108 valence electrons. The predicted octanol–water partition coefficient (Wildman–Crippen LogP) is 5.52. The van der Waals surface area contributed by atoms with Crippen LogP contribution in [0.25, 0.3) is 6.08 Å². The van der Waals surface area contributed by atoms with Crippen molar-refractivity contribution in [3.63, 3.8) is 0 Å². The number of hydrogen-bond acceptors (Lipinski definition) is 1. The molecule has 1 aliphatic carbocycles. The zero-order chi connectivity index (χ0) is 14.0. The van der Waals surface area contributed by atoms with Crippen LogP contribution in [0.1, 0.15) is 57.4 Å². The van der Waals surface area contributed by atoms with E-state index in [4.69, 9.17) is 4.99 Å². The van der Waals surface area contributed by atoms with Gasteiger partial charge in [-0.05, 0) is 30.9 Å². The number of aliphatic imine (C=N–C) groups is 1. The molecule has 0 heterocycles. The smallest absolute Gasteiger partial charge is 0.0392 e. The first-order valence-electron chi connectivity index (χ1n) is 8.17. The molecule has 0 bridgehead atoms. The van der Waals surface area contributed by atoms with Crippen LogP contribution >= 0.6 is 0 Å². The molecule has 0 spiro atoms. The molecule has 0 saturated heterocycles. The van der Waals surface area contributed by atoms with Gasteiger partial charge in [-0.2, -0.15) is 0 Å². The minimum absolute atomic E-state index is 0.695. The van der Waals surface area contributed by atoms with Crippen LogP contribution in [-0.4, -0.2) is 12.3 Å². The summed E-state index contributed by atoms with van der Waals surface area (Å²) in [6.45, 7) is 3.22. The van der Waals surface area contributed by atoms with Gasteiger partial charge in [0.1, 0.15) is 0 Å². The van der Waals surface area contributed by atoms with Gasteiger partial charge in [0.2, 0.25) is 0 Å². The summed E-state index contributed by atoms with van der Waals surface area (Å²) in [4.78, 5) is 4.88. The second-order valence-electron chi connectivity index (χ2n) is 5.74. The van der Waals surface area contributed by atoms with Crippen molar-refractivity contribution in [3.05, 3.63) is 42.0 Å². The fourth-order valence-corrected chi connectivity index (χ4v) is 2.83. The summed E-state index contributed by atoms with van der Waals surface area (Å²) in [6, 6.07) is 10.6. The Bertz CT molecular complexity index is 424. The van der Waals surface area contributed by atoms with Crippen molar-refractivity contribution in [2.45, 2.75) is 51.9 Å². The lowest BCUT2D eigenvalue weighted by Crippen LogP contribution is -2.16. The van der Waals surface area contributed by atoms with Gasteiger partial charge in [-0.3, -0.25) is 4.99 Å². The Morgan fingerprint density at radius 3 is 2.60 bits per heavy atom. The van der Waals surface area contributed by atoms with Crippen LogP contribution < -0.4 is 0 Å². The van der Waals surface area contributed by atoms with Gasteiger partial charge in [0.05, 0.1) is 0 Å². The van der Waals surface area contributed by atoms with Gasteiger partial charge in [-0.1, -0.05) is 69.0 Å². The van der Waals surface area contributed by atoms with E-state index in [2.05, 4.69) is 49.4 Å². The first kappa shape index (κ1) is 15.0. The molecular formula is C19H27N. The topological polar surface area (TPSA) is 12.4 Å². The number of nitrogens with zero attached hydrogens (tertiary/aromatic N) is 1. The molecule has 1 aliphatic rings. The Labute approximate surface area is 123 Å². The van der Waals surface area contributed by atoms with E-state index in [-0.39, 0.29) is 0 Å². The third-order valence-corrected chi connectivity index (χ3v) is 4.08. The van der Waals surface area contributed by atoms with Gasteiger partial charge in [-0.15, -0.1) is 0 Å². The van der Waals surface area contributed by atoms with Gasteiger partial charge in [0, 0.05) is 18.2 Å². The minimum atomic E-state index is 0.695. The molecule has 1 nitrogen and oxygen atoms in total. The molecule has 1 aromatic carbocycles. The van der Waals surface area contributed by atoms with Crippen molar-refractivity contribution < 1.29 is 0 Å². The molecule has 0 radical (unpaired) electrons. The van der Waals surface area contributed by atoms with E-state index in [0.29, 0.717) is 5.92 Å². The van der Waals surface area contributed by atoms with Crippen molar-refractivity contribution >= 4 is 11.8 Å². The molecule has 0 amide bonds. The van der Waals surface area contributed by atoms with E-state index in [1.54, 1.807) is 0 Å². The molecule has 1 fully saturated rings. The molecular weight excluding hydrogens is 242 g/mol. The lowest BCUT2D eigenvalue weighted by molar-refractivity contribution is 0.439. The van der Waals surface area contributed by atoms with Crippen LogP contribution in [0.5, 0.6) is 0 Å². The van der Waals surface area contributed by atoms with Gasteiger partial charge in [0.15, 0.2) is 0 Å². The fourth-order valence-electron chi connectivity index (χ4n) is 2.83. The highest BCUT2D eigenvalue weighted by atomic mass is 14.7. The highest BCUT2D eigenvalue weighted by molar-refractivity contribution is 6.00. The van der Waals surface area contributed by atoms with Crippen LogP contribution in [-0.2, 0) is 0 Å². The number of allylic oxidation sites excluding steroid dienone is 1. The largest absolute Gasteiger partial charge is 0.289 e. The lowest BCUT2D eigenvalue weighted by Gasteiger charge is -2.22.